The number of aliphatic hydroxyl groups is 1. The van der Waals surface area contributed by atoms with Gasteiger partial charge in [-0.25, -0.2) is 0 Å². The van der Waals surface area contributed by atoms with Crippen LogP contribution in [0.1, 0.15) is 30.3 Å². The molecular formula is C17H20N2O3. The number of hydrogen-bond acceptors (Lipinski definition) is 4. The zero-order valence-corrected chi connectivity index (χ0v) is 12.6. The van der Waals surface area contributed by atoms with Crippen LogP contribution in [0.3, 0.4) is 0 Å². The fraction of sp³-hybridized carbons (Fsp3) is 0.412. The van der Waals surface area contributed by atoms with Gasteiger partial charge in [-0.3, -0.25) is 4.79 Å². The van der Waals surface area contributed by atoms with Crippen molar-refractivity contribution in [2.45, 2.75) is 25.8 Å². The number of aromatic nitrogens is 1. The second kappa shape index (κ2) is 6.32. The third-order valence-corrected chi connectivity index (χ3v) is 4.29. The number of benzene rings is 1. The van der Waals surface area contributed by atoms with Crippen molar-refractivity contribution in [3.05, 3.63) is 42.1 Å². The molecule has 22 heavy (non-hydrogen) atoms. The van der Waals surface area contributed by atoms with Crippen LogP contribution in [0.5, 0.6) is 0 Å². The molecule has 0 saturated carbocycles. The molecule has 2 aromatic rings. The minimum Gasteiger partial charge on any atom is -0.396 e. The van der Waals surface area contributed by atoms with Gasteiger partial charge in [-0.15, -0.1) is 0 Å². The van der Waals surface area contributed by atoms with Crippen LogP contribution in [0.25, 0.3) is 11.3 Å². The number of rotatable bonds is 3. The molecule has 116 valence electrons. The van der Waals surface area contributed by atoms with Crippen LogP contribution in [0, 0.1) is 5.92 Å². The standard InChI is InChI=1S/C17H20N2O3/c1-12-7-8-13(11-20)10-19(12)17(21)15-9-16(22-18-15)14-5-3-2-4-6-14/h2-6,9,12-13,20H,7-8,10-11H2,1H3. The lowest BCUT2D eigenvalue weighted by molar-refractivity contribution is 0.0479. The average molecular weight is 300 g/mol. The summed E-state index contributed by atoms with van der Waals surface area (Å²) in [6.45, 7) is 2.72. The first kappa shape index (κ1) is 14.8. The van der Waals surface area contributed by atoms with E-state index < -0.39 is 0 Å². The van der Waals surface area contributed by atoms with Gasteiger partial charge in [0.15, 0.2) is 11.5 Å². The first-order valence-corrected chi connectivity index (χ1v) is 7.63. The lowest BCUT2D eigenvalue weighted by atomic mass is 9.94. The highest BCUT2D eigenvalue weighted by atomic mass is 16.5. The van der Waals surface area contributed by atoms with E-state index in [-0.39, 0.29) is 24.5 Å². The summed E-state index contributed by atoms with van der Waals surface area (Å²) in [6, 6.07) is 11.4. The predicted octanol–water partition coefficient (Wildman–Crippen LogP) is 2.57. The summed E-state index contributed by atoms with van der Waals surface area (Å²) in [7, 11) is 0. The fourth-order valence-electron chi connectivity index (χ4n) is 2.88. The lowest BCUT2D eigenvalue weighted by Gasteiger charge is -2.36. The van der Waals surface area contributed by atoms with E-state index >= 15 is 0 Å². The topological polar surface area (TPSA) is 66.6 Å². The maximum absolute atomic E-state index is 12.6. The first-order valence-electron chi connectivity index (χ1n) is 7.63. The van der Waals surface area contributed by atoms with E-state index in [1.165, 1.54) is 0 Å². The van der Waals surface area contributed by atoms with Crippen molar-refractivity contribution >= 4 is 5.91 Å². The van der Waals surface area contributed by atoms with Gasteiger partial charge in [-0.2, -0.15) is 0 Å². The number of hydrogen-bond donors (Lipinski definition) is 1. The third-order valence-electron chi connectivity index (χ3n) is 4.29. The molecule has 1 fully saturated rings. The summed E-state index contributed by atoms with van der Waals surface area (Å²) in [5.74, 6) is 0.615. The maximum atomic E-state index is 12.6. The van der Waals surface area contributed by atoms with E-state index in [4.69, 9.17) is 4.52 Å². The first-order chi connectivity index (χ1) is 10.7. The summed E-state index contributed by atoms with van der Waals surface area (Å²) in [5.41, 5.74) is 1.22. The molecular weight excluding hydrogens is 280 g/mol. The number of carbonyl (C=O) groups excluding carboxylic acids is 1. The molecule has 0 bridgehead atoms. The Hall–Kier alpha value is -2.14. The van der Waals surface area contributed by atoms with Crippen LogP contribution in [-0.4, -0.2) is 40.3 Å². The average Bonchev–Trinajstić information content (AvgIpc) is 3.05. The Bertz CT molecular complexity index is 638. The van der Waals surface area contributed by atoms with Crippen molar-refractivity contribution in [3.63, 3.8) is 0 Å². The van der Waals surface area contributed by atoms with Gasteiger partial charge < -0.3 is 14.5 Å². The highest BCUT2D eigenvalue weighted by molar-refractivity contribution is 5.93. The van der Waals surface area contributed by atoms with Gasteiger partial charge in [0, 0.05) is 30.8 Å². The van der Waals surface area contributed by atoms with Crippen molar-refractivity contribution in [3.8, 4) is 11.3 Å². The van der Waals surface area contributed by atoms with Gasteiger partial charge in [0.2, 0.25) is 0 Å². The molecule has 0 radical (unpaired) electrons. The van der Waals surface area contributed by atoms with Gasteiger partial charge in [0.1, 0.15) is 0 Å². The third kappa shape index (κ3) is 2.90. The summed E-state index contributed by atoms with van der Waals surface area (Å²) >= 11 is 0. The number of aliphatic hydroxyl groups excluding tert-OH is 1. The second-order valence-electron chi connectivity index (χ2n) is 5.87. The summed E-state index contributed by atoms with van der Waals surface area (Å²) in [6.07, 6.45) is 1.86. The van der Waals surface area contributed by atoms with Crippen LogP contribution in [0.2, 0.25) is 0 Å². The molecule has 5 heteroatoms. The smallest absolute Gasteiger partial charge is 0.276 e. The molecule has 1 amide bonds. The van der Waals surface area contributed by atoms with E-state index in [2.05, 4.69) is 5.16 Å². The van der Waals surface area contributed by atoms with E-state index in [9.17, 15) is 9.90 Å². The highest BCUT2D eigenvalue weighted by Gasteiger charge is 2.30. The molecule has 0 aliphatic carbocycles. The van der Waals surface area contributed by atoms with Crippen molar-refractivity contribution < 1.29 is 14.4 Å². The summed E-state index contributed by atoms with van der Waals surface area (Å²) in [5, 5.41) is 13.3. The van der Waals surface area contributed by atoms with E-state index in [0.29, 0.717) is 18.0 Å². The Balaban J connectivity index is 1.79. The molecule has 2 heterocycles. The quantitative estimate of drug-likeness (QED) is 0.946. The Kier molecular flexibility index (Phi) is 4.24. The highest BCUT2D eigenvalue weighted by Crippen LogP contribution is 2.25. The normalized spacial score (nSPS) is 21.8. The van der Waals surface area contributed by atoms with Gasteiger partial charge in [-0.1, -0.05) is 35.5 Å². The van der Waals surface area contributed by atoms with Gasteiger partial charge in [0.25, 0.3) is 5.91 Å². The second-order valence-corrected chi connectivity index (χ2v) is 5.87. The maximum Gasteiger partial charge on any atom is 0.276 e. The molecule has 2 unspecified atom stereocenters. The van der Waals surface area contributed by atoms with Crippen LogP contribution < -0.4 is 0 Å². The Morgan fingerprint density at radius 1 is 1.36 bits per heavy atom. The lowest BCUT2D eigenvalue weighted by Crippen LogP contribution is -2.46. The van der Waals surface area contributed by atoms with E-state index in [0.717, 1.165) is 18.4 Å². The Morgan fingerprint density at radius 3 is 2.86 bits per heavy atom. The molecule has 1 aliphatic rings. The van der Waals surface area contributed by atoms with Crippen LogP contribution in [-0.2, 0) is 0 Å². The molecule has 1 aliphatic heterocycles. The minimum atomic E-state index is -0.128. The molecule has 1 aromatic heterocycles. The monoisotopic (exact) mass is 300 g/mol. The van der Waals surface area contributed by atoms with Crippen LogP contribution in [0.4, 0.5) is 0 Å². The van der Waals surface area contributed by atoms with E-state index in [1.807, 2.05) is 37.3 Å². The van der Waals surface area contributed by atoms with Crippen LogP contribution in [0.15, 0.2) is 40.9 Å². The fourth-order valence-corrected chi connectivity index (χ4v) is 2.88. The number of likely N-dealkylation sites (tertiary alicyclic amines) is 1. The molecule has 1 N–H and O–H groups in total. The van der Waals surface area contributed by atoms with Crippen molar-refractivity contribution in [2.75, 3.05) is 13.2 Å². The zero-order chi connectivity index (χ0) is 15.5. The minimum absolute atomic E-state index is 0.116. The number of amides is 1. The van der Waals surface area contributed by atoms with E-state index in [1.54, 1.807) is 11.0 Å². The van der Waals surface area contributed by atoms with Crippen LogP contribution >= 0.6 is 0 Å². The molecule has 2 atom stereocenters. The number of carbonyl (C=O) groups is 1. The predicted molar refractivity (Wildman–Crippen MR) is 82.2 cm³/mol. The number of piperidine rings is 1. The van der Waals surface area contributed by atoms with Gasteiger partial charge in [0.05, 0.1) is 0 Å². The van der Waals surface area contributed by atoms with Crippen molar-refractivity contribution in [1.82, 2.24) is 10.1 Å². The SMILES string of the molecule is CC1CCC(CO)CN1C(=O)c1cc(-c2ccccc2)on1. The molecule has 3 rings (SSSR count). The molecule has 1 saturated heterocycles. The molecule has 1 aromatic carbocycles. The van der Waals surface area contributed by atoms with Crippen molar-refractivity contribution in [1.29, 1.82) is 0 Å². The van der Waals surface area contributed by atoms with Gasteiger partial charge >= 0.3 is 0 Å². The van der Waals surface area contributed by atoms with Crippen molar-refractivity contribution in [2.24, 2.45) is 5.92 Å². The summed E-state index contributed by atoms with van der Waals surface area (Å²) in [4.78, 5) is 14.4. The largest absolute Gasteiger partial charge is 0.396 e. The summed E-state index contributed by atoms with van der Waals surface area (Å²) < 4.78 is 5.30. The Labute approximate surface area is 129 Å². The van der Waals surface area contributed by atoms with Gasteiger partial charge in [-0.05, 0) is 25.7 Å². The Morgan fingerprint density at radius 2 is 2.14 bits per heavy atom. The molecule has 0 spiro atoms. The molecule has 5 nitrogen and oxygen atoms in total. The number of nitrogens with zero attached hydrogens (tertiary/aromatic N) is 2. The zero-order valence-electron chi connectivity index (χ0n) is 12.6.